The van der Waals surface area contributed by atoms with E-state index in [9.17, 15) is 9.59 Å². The number of hydrogen-bond donors (Lipinski definition) is 0. The Labute approximate surface area is 165 Å². The molecule has 28 heavy (non-hydrogen) atoms. The van der Waals surface area contributed by atoms with Crippen LogP contribution in [0.3, 0.4) is 0 Å². The molecule has 8 heteroatoms. The molecule has 0 N–H and O–H groups in total. The normalized spacial score (nSPS) is 11.5. The monoisotopic (exact) mass is 400 g/mol. The molecular formula is C20H20N2O5S. The predicted octanol–water partition coefficient (Wildman–Crippen LogP) is 2.94. The van der Waals surface area contributed by atoms with E-state index < -0.39 is 5.97 Å². The van der Waals surface area contributed by atoms with E-state index in [0.717, 1.165) is 10.3 Å². The topological polar surface area (TPSA) is 79.1 Å². The van der Waals surface area contributed by atoms with E-state index in [0.29, 0.717) is 27.4 Å². The van der Waals surface area contributed by atoms with Crippen molar-refractivity contribution in [3.05, 3.63) is 52.3 Å². The first kappa shape index (κ1) is 19.6. The molecule has 3 aromatic rings. The van der Waals surface area contributed by atoms with Gasteiger partial charge in [-0.2, -0.15) is 4.99 Å². The highest BCUT2D eigenvalue weighted by molar-refractivity contribution is 7.16. The van der Waals surface area contributed by atoms with Gasteiger partial charge in [-0.3, -0.25) is 9.59 Å². The van der Waals surface area contributed by atoms with Crippen molar-refractivity contribution >= 4 is 33.4 Å². The van der Waals surface area contributed by atoms with Crippen molar-refractivity contribution in [1.29, 1.82) is 0 Å². The summed E-state index contributed by atoms with van der Waals surface area (Å²) >= 11 is 1.29. The highest BCUT2D eigenvalue weighted by Gasteiger charge is 2.16. The number of thiazole rings is 1. The summed E-state index contributed by atoms with van der Waals surface area (Å²) in [4.78, 5) is 29.3. The van der Waals surface area contributed by atoms with Gasteiger partial charge in [-0.1, -0.05) is 29.5 Å². The maximum absolute atomic E-state index is 12.7. The van der Waals surface area contributed by atoms with Crippen molar-refractivity contribution in [3.63, 3.8) is 0 Å². The number of nitrogens with zero attached hydrogens (tertiary/aromatic N) is 2. The maximum atomic E-state index is 12.7. The third-order valence-electron chi connectivity index (χ3n) is 4.28. The average Bonchev–Trinajstić information content (AvgIpc) is 3.02. The zero-order chi connectivity index (χ0) is 20.3. The van der Waals surface area contributed by atoms with Crippen LogP contribution in [0.5, 0.6) is 11.5 Å². The minimum Gasteiger partial charge on any atom is -0.493 e. The van der Waals surface area contributed by atoms with Gasteiger partial charge in [0.1, 0.15) is 6.54 Å². The van der Waals surface area contributed by atoms with Crippen molar-refractivity contribution < 1.29 is 23.8 Å². The second kappa shape index (κ2) is 8.26. The maximum Gasteiger partial charge on any atom is 0.325 e. The molecular weight excluding hydrogens is 380 g/mol. The first-order chi connectivity index (χ1) is 13.5. The molecule has 0 unspecified atom stereocenters. The van der Waals surface area contributed by atoms with E-state index in [-0.39, 0.29) is 12.5 Å². The molecule has 0 bridgehead atoms. The molecule has 2 aromatic carbocycles. The van der Waals surface area contributed by atoms with Crippen LogP contribution < -0.4 is 14.3 Å². The van der Waals surface area contributed by atoms with Crippen LogP contribution >= 0.6 is 11.3 Å². The van der Waals surface area contributed by atoms with Crippen LogP contribution in [0.1, 0.15) is 15.9 Å². The summed E-state index contributed by atoms with van der Waals surface area (Å²) < 4.78 is 18.0. The first-order valence-corrected chi connectivity index (χ1v) is 9.27. The van der Waals surface area contributed by atoms with Crippen molar-refractivity contribution in [1.82, 2.24) is 4.57 Å². The molecule has 1 heterocycles. The van der Waals surface area contributed by atoms with Crippen LogP contribution in [0.25, 0.3) is 10.2 Å². The smallest absolute Gasteiger partial charge is 0.325 e. The summed E-state index contributed by atoms with van der Waals surface area (Å²) in [6, 6.07) is 10.8. The molecule has 0 aliphatic heterocycles. The second-order valence-corrected chi connectivity index (χ2v) is 6.96. The molecule has 0 radical (unpaired) electrons. The number of amides is 1. The summed E-state index contributed by atoms with van der Waals surface area (Å²) in [6.45, 7) is 1.78. The zero-order valence-electron chi connectivity index (χ0n) is 16.0. The van der Waals surface area contributed by atoms with E-state index in [1.54, 1.807) is 35.9 Å². The first-order valence-electron chi connectivity index (χ1n) is 8.45. The van der Waals surface area contributed by atoms with E-state index in [1.165, 1.54) is 25.6 Å². The minimum absolute atomic E-state index is 0.0775. The highest BCUT2D eigenvalue weighted by Crippen LogP contribution is 2.33. The summed E-state index contributed by atoms with van der Waals surface area (Å²) in [7, 11) is 4.40. The van der Waals surface area contributed by atoms with Gasteiger partial charge in [0.2, 0.25) is 0 Å². The summed E-state index contributed by atoms with van der Waals surface area (Å²) in [5.74, 6) is 0.253. The van der Waals surface area contributed by atoms with Crippen molar-refractivity contribution in [3.8, 4) is 11.5 Å². The van der Waals surface area contributed by atoms with E-state index in [2.05, 4.69) is 4.99 Å². The SMILES string of the molecule is COC(=O)Cn1c(=NC(=O)c2ccccc2C)sc2cc(OC)c(OC)cc21. The van der Waals surface area contributed by atoms with Crippen molar-refractivity contribution in [2.24, 2.45) is 4.99 Å². The zero-order valence-corrected chi connectivity index (χ0v) is 16.8. The number of methoxy groups -OCH3 is 3. The number of esters is 1. The molecule has 1 amide bonds. The lowest BCUT2D eigenvalue weighted by Gasteiger charge is -2.09. The Morgan fingerprint density at radius 1 is 1.07 bits per heavy atom. The van der Waals surface area contributed by atoms with Gasteiger partial charge in [0.25, 0.3) is 5.91 Å². The van der Waals surface area contributed by atoms with Crippen molar-refractivity contribution in [2.45, 2.75) is 13.5 Å². The fraction of sp³-hybridized carbons (Fsp3) is 0.250. The Morgan fingerprint density at radius 2 is 1.75 bits per heavy atom. The molecule has 0 saturated heterocycles. The fourth-order valence-corrected chi connectivity index (χ4v) is 3.83. The Bertz CT molecular complexity index is 1110. The molecule has 0 spiro atoms. The average molecular weight is 400 g/mol. The number of carbonyl (C=O) groups is 2. The summed E-state index contributed by atoms with van der Waals surface area (Å²) in [5.41, 5.74) is 2.05. The molecule has 3 rings (SSSR count). The number of fused-ring (bicyclic) bond motifs is 1. The molecule has 146 valence electrons. The third kappa shape index (κ3) is 3.77. The third-order valence-corrected chi connectivity index (χ3v) is 5.32. The van der Waals surface area contributed by atoms with E-state index in [1.807, 2.05) is 19.1 Å². The molecule has 0 aliphatic rings. The lowest BCUT2D eigenvalue weighted by Crippen LogP contribution is -2.22. The number of carbonyl (C=O) groups excluding carboxylic acids is 2. The Balaban J connectivity index is 2.22. The van der Waals surface area contributed by atoms with Gasteiger partial charge in [0.15, 0.2) is 16.3 Å². The molecule has 7 nitrogen and oxygen atoms in total. The molecule has 0 saturated carbocycles. The number of aromatic nitrogens is 1. The number of ether oxygens (including phenoxy) is 3. The largest absolute Gasteiger partial charge is 0.493 e. The number of hydrogen-bond acceptors (Lipinski definition) is 6. The fourth-order valence-electron chi connectivity index (χ4n) is 2.79. The van der Waals surface area contributed by atoms with Gasteiger partial charge in [0, 0.05) is 17.7 Å². The van der Waals surface area contributed by atoms with E-state index in [4.69, 9.17) is 14.2 Å². The highest BCUT2D eigenvalue weighted by atomic mass is 32.1. The number of aryl methyl sites for hydroxylation is 1. The molecule has 1 aromatic heterocycles. The molecule has 0 aliphatic carbocycles. The quantitative estimate of drug-likeness (QED) is 0.615. The van der Waals surface area contributed by atoms with Crippen LogP contribution in [0.15, 0.2) is 41.4 Å². The van der Waals surface area contributed by atoms with Gasteiger partial charge in [-0.05, 0) is 18.6 Å². The number of benzene rings is 2. The number of rotatable bonds is 5. The lowest BCUT2D eigenvalue weighted by atomic mass is 10.1. The van der Waals surface area contributed by atoms with Gasteiger partial charge < -0.3 is 18.8 Å². The van der Waals surface area contributed by atoms with Crippen LogP contribution in [0.2, 0.25) is 0 Å². The van der Waals surface area contributed by atoms with Crippen molar-refractivity contribution in [2.75, 3.05) is 21.3 Å². The predicted molar refractivity (Wildman–Crippen MR) is 106 cm³/mol. The van der Waals surface area contributed by atoms with Gasteiger partial charge in [-0.15, -0.1) is 0 Å². The van der Waals surface area contributed by atoms with Crippen LogP contribution in [0.4, 0.5) is 0 Å². The molecule has 0 atom stereocenters. The van der Waals surface area contributed by atoms with Crippen LogP contribution in [-0.2, 0) is 16.1 Å². The Kier molecular flexibility index (Phi) is 5.79. The second-order valence-electron chi connectivity index (χ2n) is 5.95. The summed E-state index contributed by atoms with van der Waals surface area (Å²) in [6.07, 6.45) is 0. The Hall–Kier alpha value is -3.13. The summed E-state index contributed by atoms with van der Waals surface area (Å²) in [5, 5.41) is 0. The lowest BCUT2D eigenvalue weighted by molar-refractivity contribution is -0.141. The molecule has 0 fully saturated rings. The van der Waals surface area contributed by atoms with Gasteiger partial charge in [0.05, 0.1) is 31.5 Å². The Morgan fingerprint density at radius 3 is 2.39 bits per heavy atom. The van der Waals surface area contributed by atoms with Crippen LogP contribution in [-0.4, -0.2) is 37.8 Å². The van der Waals surface area contributed by atoms with Gasteiger partial charge >= 0.3 is 5.97 Å². The van der Waals surface area contributed by atoms with E-state index >= 15 is 0 Å². The minimum atomic E-state index is -0.445. The van der Waals surface area contributed by atoms with Crippen LogP contribution in [0, 0.1) is 6.92 Å². The van der Waals surface area contributed by atoms with Gasteiger partial charge in [-0.25, -0.2) is 0 Å². The standard InChI is InChI=1S/C20H20N2O5S/c1-12-7-5-6-8-13(12)19(24)21-20-22(11-18(23)27-4)14-9-15(25-2)16(26-3)10-17(14)28-20/h5-10H,11H2,1-4H3.